The molecular formula is C17H24N6O. The Morgan fingerprint density at radius 2 is 2.12 bits per heavy atom. The van der Waals surface area contributed by atoms with E-state index in [0.29, 0.717) is 11.7 Å². The average molecular weight is 328 g/mol. The molecule has 0 aromatic carbocycles. The molecule has 0 bridgehead atoms. The van der Waals surface area contributed by atoms with Gasteiger partial charge in [0, 0.05) is 25.3 Å². The Bertz CT molecular complexity index is 726. The van der Waals surface area contributed by atoms with Crippen LogP contribution in [0.3, 0.4) is 0 Å². The summed E-state index contributed by atoms with van der Waals surface area (Å²) < 4.78 is 1.95. The van der Waals surface area contributed by atoms with E-state index in [1.807, 2.05) is 48.6 Å². The molecule has 3 rings (SSSR count). The highest BCUT2D eigenvalue weighted by Gasteiger charge is 2.25. The standard InChI is InChI=1S/C17H24N6O/c1-12-6-4-8-16(18-12)20-17(24)22-9-5-7-15(10-22)11-23-14(3)19-13(2)21-23/h4,6,8,15H,5,7,9-11H2,1-3H3,(H,18,20,24)/t15-/m1/s1. The number of amides is 2. The van der Waals surface area contributed by atoms with Crippen LogP contribution in [0.4, 0.5) is 10.6 Å². The molecule has 3 heterocycles. The van der Waals surface area contributed by atoms with Crippen molar-refractivity contribution in [1.82, 2.24) is 24.6 Å². The number of rotatable bonds is 3. The molecule has 2 amide bonds. The highest BCUT2D eigenvalue weighted by molar-refractivity contribution is 5.88. The highest BCUT2D eigenvalue weighted by Crippen LogP contribution is 2.19. The SMILES string of the molecule is Cc1cccc(NC(=O)N2CCC[C@@H](Cn3nc(C)nc3C)C2)n1. The molecule has 2 aromatic heterocycles. The first-order valence-corrected chi connectivity index (χ1v) is 8.39. The molecule has 1 atom stereocenters. The molecule has 1 fully saturated rings. The van der Waals surface area contributed by atoms with Gasteiger partial charge >= 0.3 is 6.03 Å². The number of carbonyl (C=O) groups is 1. The molecule has 7 heteroatoms. The van der Waals surface area contributed by atoms with E-state index in [0.717, 1.165) is 49.8 Å². The normalized spacial score (nSPS) is 17.8. The van der Waals surface area contributed by atoms with E-state index in [9.17, 15) is 4.79 Å². The molecule has 1 saturated heterocycles. The summed E-state index contributed by atoms with van der Waals surface area (Å²) in [6.45, 7) is 8.10. The van der Waals surface area contributed by atoms with Crippen LogP contribution in [0, 0.1) is 26.7 Å². The lowest BCUT2D eigenvalue weighted by Gasteiger charge is -2.32. The Kier molecular flexibility index (Phi) is 4.78. The third kappa shape index (κ3) is 3.90. The van der Waals surface area contributed by atoms with Gasteiger partial charge in [0.2, 0.25) is 0 Å². The number of pyridine rings is 1. The van der Waals surface area contributed by atoms with E-state index >= 15 is 0 Å². The van der Waals surface area contributed by atoms with Crippen LogP contribution >= 0.6 is 0 Å². The highest BCUT2D eigenvalue weighted by atomic mass is 16.2. The summed E-state index contributed by atoms with van der Waals surface area (Å²) in [7, 11) is 0. The van der Waals surface area contributed by atoms with E-state index in [1.165, 1.54) is 0 Å². The van der Waals surface area contributed by atoms with Crippen molar-refractivity contribution in [2.75, 3.05) is 18.4 Å². The third-order valence-electron chi connectivity index (χ3n) is 4.32. The summed E-state index contributed by atoms with van der Waals surface area (Å²) in [5, 5.41) is 7.32. The van der Waals surface area contributed by atoms with Gasteiger partial charge in [-0.05, 0) is 51.7 Å². The Balaban J connectivity index is 1.60. The quantitative estimate of drug-likeness (QED) is 0.939. The summed E-state index contributed by atoms with van der Waals surface area (Å²) in [5.41, 5.74) is 0.890. The number of urea groups is 1. The van der Waals surface area contributed by atoms with Gasteiger partial charge in [0.25, 0.3) is 0 Å². The van der Waals surface area contributed by atoms with Gasteiger partial charge in [-0.1, -0.05) is 6.07 Å². The van der Waals surface area contributed by atoms with Gasteiger partial charge in [-0.3, -0.25) is 5.32 Å². The smallest absolute Gasteiger partial charge is 0.323 e. The van der Waals surface area contributed by atoms with E-state index in [1.54, 1.807) is 0 Å². The first-order chi connectivity index (χ1) is 11.5. The summed E-state index contributed by atoms with van der Waals surface area (Å²) in [6.07, 6.45) is 2.11. The van der Waals surface area contributed by atoms with Crippen LogP contribution in [0.15, 0.2) is 18.2 Å². The number of carbonyl (C=O) groups excluding carboxylic acids is 1. The molecule has 24 heavy (non-hydrogen) atoms. The Morgan fingerprint density at radius 3 is 2.83 bits per heavy atom. The van der Waals surface area contributed by atoms with Crippen molar-refractivity contribution in [2.45, 2.75) is 40.2 Å². The molecule has 0 saturated carbocycles. The summed E-state index contributed by atoms with van der Waals surface area (Å²) in [5.74, 6) is 2.72. The topological polar surface area (TPSA) is 75.9 Å². The maximum absolute atomic E-state index is 12.5. The van der Waals surface area contributed by atoms with E-state index < -0.39 is 0 Å². The van der Waals surface area contributed by atoms with Crippen molar-refractivity contribution in [3.05, 3.63) is 35.5 Å². The zero-order valence-electron chi connectivity index (χ0n) is 14.5. The van der Waals surface area contributed by atoms with Crippen LogP contribution < -0.4 is 5.32 Å². The van der Waals surface area contributed by atoms with Gasteiger partial charge < -0.3 is 4.90 Å². The van der Waals surface area contributed by atoms with Crippen molar-refractivity contribution in [3.8, 4) is 0 Å². The van der Waals surface area contributed by atoms with Crippen LogP contribution in [0.2, 0.25) is 0 Å². The number of nitrogens with zero attached hydrogens (tertiary/aromatic N) is 5. The van der Waals surface area contributed by atoms with Crippen LogP contribution in [-0.4, -0.2) is 43.8 Å². The molecule has 1 aliphatic rings. The Morgan fingerprint density at radius 1 is 1.29 bits per heavy atom. The number of hydrogen-bond acceptors (Lipinski definition) is 4. The number of piperidine rings is 1. The molecule has 0 radical (unpaired) electrons. The van der Waals surface area contributed by atoms with E-state index in [2.05, 4.69) is 20.4 Å². The van der Waals surface area contributed by atoms with Gasteiger partial charge in [0.05, 0.1) is 0 Å². The van der Waals surface area contributed by atoms with Crippen molar-refractivity contribution < 1.29 is 4.79 Å². The van der Waals surface area contributed by atoms with Gasteiger partial charge in [0.1, 0.15) is 17.5 Å². The van der Waals surface area contributed by atoms with Crippen molar-refractivity contribution >= 4 is 11.8 Å². The van der Waals surface area contributed by atoms with Crippen LogP contribution in [0.25, 0.3) is 0 Å². The molecule has 0 aliphatic carbocycles. The molecular weight excluding hydrogens is 304 g/mol. The third-order valence-corrected chi connectivity index (χ3v) is 4.32. The summed E-state index contributed by atoms with van der Waals surface area (Å²) in [6, 6.07) is 5.54. The number of anilines is 1. The lowest BCUT2D eigenvalue weighted by molar-refractivity contribution is 0.168. The van der Waals surface area contributed by atoms with Crippen molar-refractivity contribution in [2.24, 2.45) is 5.92 Å². The van der Waals surface area contributed by atoms with E-state index in [-0.39, 0.29) is 6.03 Å². The minimum atomic E-state index is -0.0794. The monoisotopic (exact) mass is 328 g/mol. The molecule has 0 unspecified atom stereocenters. The second-order valence-electron chi connectivity index (χ2n) is 6.44. The molecule has 0 spiro atoms. The number of likely N-dealkylation sites (tertiary alicyclic amines) is 1. The largest absolute Gasteiger partial charge is 0.324 e. The van der Waals surface area contributed by atoms with E-state index in [4.69, 9.17) is 0 Å². The van der Waals surface area contributed by atoms with Crippen LogP contribution in [-0.2, 0) is 6.54 Å². The maximum atomic E-state index is 12.5. The zero-order chi connectivity index (χ0) is 17.1. The fraction of sp³-hybridized carbons (Fsp3) is 0.529. The first kappa shape index (κ1) is 16.4. The van der Waals surface area contributed by atoms with Gasteiger partial charge in [-0.15, -0.1) is 0 Å². The molecule has 1 aliphatic heterocycles. The number of aryl methyl sites for hydroxylation is 3. The van der Waals surface area contributed by atoms with Gasteiger partial charge in [0.15, 0.2) is 0 Å². The lowest BCUT2D eigenvalue weighted by Crippen LogP contribution is -2.43. The Labute approximate surface area is 142 Å². The van der Waals surface area contributed by atoms with Gasteiger partial charge in [-0.25, -0.2) is 19.4 Å². The fourth-order valence-corrected chi connectivity index (χ4v) is 3.18. The second kappa shape index (κ2) is 6.98. The lowest BCUT2D eigenvalue weighted by atomic mass is 9.98. The minimum absolute atomic E-state index is 0.0794. The van der Waals surface area contributed by atoms with Crippen LogP contribution in [0.1, 0.15) is 30.2 Å². The molecule has 7 nitrogen and oxygen atoms in total. The second-order valence-corrected chi connectivity index (χ2v) is 6.44. The van der Waals surface area contributed by atoms with Crippen molar-refractivity contribution in [1.29, 1.82) is 0 Å². The summed E-state index contributed by atoms with van der Waals surface area (Å²) in [4.78, 5) is 23.0. The predicted octanol–water partition coefficient (Wildman–Crippen LogP) is 2.54. The first-order valence-electron chi connectivity index (χ1n) is 8.39. The Hall–Kier alpha value is -2.44. The fourth-order valence-electron chi connectivity index (χ4n) is 3.18. The van der Waals surface area contributed by atoms with Crippen molar-refractivity contribution in [3.63, 3.8) is 0 Å². The summed E-state index contributed by atoms with van der Waals surface area (Å²) >= 11 is 0. The zero-order valence-corrected chi connectivity index (χ0v) is 14.5. The number of aromatic nitrogens is 4. The number of hydrogen-bond donors (Lipinski definition) is 1. The maximum Gasteiger partial charge on any atom is 0.323 e. The molecule has 2 aromatic rings. The van der Waals surface area contributed by atoms with Crippen LogP contribution in [0.5, 0.6) is 0 Å². The molecule has 128 valence electrons. The minimum Gasteiger partial charge on any atom is -0.324 e. The molecule has 1 N–H and O–H groups in total. The average Bonchev–Trinajstić information content (AvgIpc) is 2.85. The predicted molar refractivity (Wildman–Crippen MR) is 91.8 cm³/mol. The number of nitrogens with one attached hydrogen (secondary N) is 1. The van der Waals surface area contributed by atoms with Gasteiger partial charge in [-0.2, -0.15) is 5.10 Å².